The molecular weight excluding hydrogens is 485 g/mol. The number of amides is 1. The van der Waals surface area contributed by atoms with Crippen LogP contribution in [0.1, 0.15) is 10.6 Å². The molecule has 0 aliphatic carbocycles. The minimum absolute atomic E-state index is 0.180. The molecular formula is C23H17Cl2N3O2S2. The molecule has 0 atom stereocenters. The van der Waals surface area contributed by atoms with Crippen molar-refractivity contribution in [1.82, 2.24) is 10.3 Å². The molecule has 0 aliphatic heterocycles. The number of nitrogens with one attached hydrogen (secondary N) is 2. The van der Waals surface area contributed by atoms with Gasteiger partial charge in [-0.15, -0.1) is 11.3 Å². The van der Waals surface area contributed by atoms with Gasteiger partial charge < -0.3 is 10.1 Å². The SMILES string of the molecule is O=C(COc1ccc(Cl)cc1Cl)NC(=S)Nc1ccc(Cc2nc3ccccc3s2)cc1. The third-order valence-electron chi connectivity index (χ3n) is 4.41. The van der Waals surface area contributed by atoms with Crippen LogP contribution in [0.2, 0.25) is 10.0 Å². The van der Waals surface area contributed by atoms with Gasteiger partial charge in [-0.05, 0) is 60.2 Å². The fourth-order valence-corrected chi connectivity index (χ4v) is 4.63. The van der Waals surface area contributed by atoms with E-state index in [1.54, 1.807) is 29.5 Å². The van der Waals surface area contributed by atoms with E-state index < -0.39 is 5.91 Å². The van der Waals surface area contributed by atoms with E-state index in [4.69, 9.17) is 40.2 Å². The summed E-state index contributed by atoms with van der Waals surface area (Å²) in [5, 5.41) is 7.63. The molecule has 162 valence electrons. The van der Waals surface area contributed by atoms with Crippen molar-refractivity contribution in [3.05, 3.63) is 87.3 Å². The molecule has 0 fully saturated rings. The Kier molecular flexibility index (Phi) is 7.22. The lowest BCUT2D eigenvalue weighted by molar-refractivity contribution is -0.121. The number of anilines is 1. The van der Waals surface area contributed by atoms with Gasteiger partial charge in [-0.3, -0.25) is 10.1 Å². The van der Waals surface area contributed by atoms with Crippen molar-refractivity contribution in [2.45, 2.75) is 6.42 Å². The van der Waals surface area contributed by atoms with E-state index in [9.17, 15) is 4.79 Å². The molecule has 3 aromatic carbocycles. The van der Waals surface area contributed by atoms with Crippen LogP contribution >= 0.6 is 46.8 Å². The number of benzene rings is 3. The summed E-state index contributed by atoms with van der Waals surface area (Å²) in [5.74, 6) is -0.0326. The maximum absolute atomic E-state index is 12.1. The summed E-state index contributed by atoms with van der Waals surface area (Å²) in [5.41, 5.74) is 2.93. The topological polar surface area (TPSA) is 63.2 Å². The van der Waals surface area contributed by atoms with Crippen molar-refractivity contribution < 1.29 is 9.53 Å². The summed E-state index contributed by atoms with van der Waals surface area (Å²) in [6.07, 6.45) is 0.755. The van der Waals surface area contributed by atoms with Crippen molar-refractivity contribution in [2.75, 3.05) is 11.9 Å². The van der Waals surface area contributed by atoms with Gasteiger partial charge in [0.1, 0.15) is 5.75 Å². The third kappa shape index (κ3) is 5.95. The van der Waals surface area contributed by atoms with Crippen LogP contribution in [0.5, 0.6) is 5.75 Å². The van der Waals surface area contributed by atoms with Crippen molar-refractivity contribution in [3.63, 3.8) is 0 Å². The number of para-hydroxylation sites is 1. The van der Waals surface area contributed by atoms with Crippen LogP contribution in [0.15, 0.2) is 66.7 Å². The second kappa shape index (κ2) is 10.3. The summed E-state index contributed by atoms with van der Waals surface area (Å²) < 4.78 is 6.59. The van der Waals surface area contributed by atoms with Crippen molar-refractivity contribution in [1.29, 1.82) is 0 Å². The highest BCUT2D eigenvalue weighted by atomic mass is 35.5. The van der Waals surface area contributed by atoms with Gasteiger partial charge in [0, 0.05) is 17.1 Å². The van der Waals surface area contributed by atoms with Gasteiger partial charge in [-0.25, -0.2) is 4.98 Å². The molecule has 9 heteroatoms. The van der Waals surface area contributed by atoms with Crippen LogP contribution in [0, 0.1) is 0 Å². The van der Waals surface area contributed by atoms with E-state index in [-0.39, 0.29) is 11.7 Å². The molecule has 32 heavy (non-hydrogen) atoms. The third-order valence-corrected chi connectivity index (χ3v) is 6.18. The lowest BCUT2D eigenvalue weighted by atomic mass is 10.1. The Hall–Kier alpha value is -2.71. The predicted molar refractivity (Wildman–Crippen MR) is 135 cm³/mol. The molecule has 0 saturated carbocycles. The number of fused-ring (bicyclic) bond motifs is 1. The monoisotopic (exact) mass is 501 g/mol. The van der Waals surface area contributed by atoms with E-state index in [0.717, 1.165) is 28.2 Å². The first-order valence-electron chi connectivity index (χ1n) is 9.58. The number of nitrogens with zero attached hydrogens (tertiary/aromatic N) is 1. The highest BCUT2D eigenvalue weighted by Gasteiger charge is 2.09. The summed E-state index contributed by atoms with van der Waals surface area (Å²) in [7, 11) is 0. The van der Waals surface area contributed by atoms with Crippen molar-refractivity contribution >= 4 is 73.7 Å². The van der Waals surface area contributed by atoms with Gasteiger partial charge in [-0.2, -0.15) is 0 Å². The summed E-state index contributed by atoms with van der Waals surface area (Å²) in [6, 6.07) is 20.7. The fourth-order valence-electron chi connectivity index (χ4n) is 2.94. The molecule has 0 radical (unpaired) electrons. The Morgan fingerprint density at radius 1 is 1.06 bits per heavy atom. The number of rotatable bonds is 6. The Morgan fingerprint density at radius 2 is 1.84 bits per heavy atom. The molecule has 5 nitrogen and oxygen atoms in total. The van der Waals surface area contributed by atoms with E-state index in [1.165, 1.54) is 4.70 Å². The molecule has 0 aliphatic rings. The smallest absolute Gasteiger partial charge is 0.264 e. The van der Waals surface area contributed by atoms with Gasteiger partial charge in [0.25, 0.3) is 5.91 Å². The van der Waals surface area contributed by atoms with Gasteiger partial charge in [0.05, 0.1) is 20.2 Å². The first-order chi connectivity index (χ1) is 15.5. The maximum Gasteiger partial charge on any atom is 0.264 e. The first-order valence-corrected chi connectivity index (χ1v) is 11.6. The Balaban J connectivity index is 1.27. The molecule has 0 spiro atoms. The summed E-state index contributed by atoms with van der Waals surface area (Å²) in [6.45, 7) is -0.232. The fraction of sp³-hybridized carbons (Fsp3) is 0.0870. The highest BCUT2D eigenvalue weighted by Crippen LogP contribution is 2.27. The van der Waals surface area contributed by atoms with Gasteiger partial charge in [0.15, 0.2) is 11.7 Å². The number of halogens is 2. The maximum atomic E-state index is 12.1. The predicted octanol–water partition coefficient (Wildman–Crippen LogP) is 6.09. The van der Waals surface area contributed by atoms with Crippen LogP contribution in [0.4, 0.5) is 5.69 Å². The number of thiazole rings is 1. The Labute approximate surface area is 204 Å². The van der Waals surface area contributed by atoms with Gasteiger partial charge in [0.2, 0.25) is 0 Å². The largest absolute Gasteiger partial charge is 0.482 e. The molecule has 0 bridgehead atoms. The molecule has 4 aromatic rings. The molecule has 0 unspecified atom stereocenters. The summed E-state index contributed by atoms with van der Waals surface area (Å²) in [4.78, 5) is 16.8. The van der Waals surface area contributed by atoms with Gasteiger partial charge in [-0.1, -0.05) is 47.5 Å². The molecule has 1 heterocycles. The Bertz CT molecular complexity index is 1240. The van der Waals surface area contributed by atoms with E-state index in [0.29, 0.717) is 15.8 Å². The van der Waals surface area contributed by atoms with Crippen molar-refractivity contribution in [2.24, 2.45) is 0 Å². The van der Waals surface area contributed by atoms with Gasteiger partial charge >= 0.3 is 0 Å². The number of aromatic nitrogens is 1. The summed E-state index contributed by atoms with van der Waals surface area (Å²) >= 11 is 18.8. The molecule has 4 rings (SSSR count). The van der Waals surface area contributed by atoms with Crippen LogP contribution in [-0.2, 0) is 11.2 Å². The number of carbonyl (C=O) groups is 1. The average Bonchev–Trinajstić information content (AvgIpc) is 3.17. The lowest BCUT2D eigenvalue weighted by Gasteiger charge is -2.11. The highest BCUT2D eigenvalue weighted by molar-refractivity contribution is 7.80. The van der Waals surface area contributed by atoms with Crippen molar-refractivity contribution in [3.8, 4) is 5.75 Å². The second-order valence-electron chi connectivity index (χ2n) is 6.81. The molecule has 0 saturated heterocycles. The number of hydrogen-bond acceptors (Lipinski definition) is 5. The minimum atomic E-state index is -0.402. The zero-order valence-corrected chi connectivity index (χ0v) is 19.7. The lowest BCUT2D eigenvalue weighted by Crippen LogP contribution is -2.37. The van der Waals surface area contributed by atoms with E-state index >= 15 is 0 Å². The first kappa shape index (κ1) is 22.5. The van der Waals surface area contributed by atoms with E-state index in [2.05, 4.69) is 21.7 Å². The van der Waals surface area contributed by atoms with E-state index in [1.807, 2.05) is 42.5 Å². The van der Waals surface area contributed by atoms with Crippen LogP contribution in [0.25, 0.3) is 10.2 Å². The number of ether oxygens (including phenoxy) is 1. The number of carbonyl (C=O) groups excluding carboxylic acids is 1. The molecule has 2 N–H and O–H groups in total. The zero-order chi connectivity index (χ0) is 22.5. The molecule has 1 aromatic heterocycles. The standard InChI is InChI=1S/C23H17Cl2N3O2S2/c24-15-7-10-19(17(25)12-15)30-13-21(29)28-23(31)26-16-8-5-14(6-9-16)11-22-27-18-3-1-2-4-20(18)32-22/h1-10,12H,11,13H2,(H2,26,28,29,31). The number of hydrogen-bond donors (Lipinski definition) is 2. The minimum Gasteiger partial charge on any atom is -0.482 e. The van der Waals surface area contributed by atoms with Crippen LogP contribution in [0.3, 0.4) is 0 Å². The quantitative estimate of drug-likeness (QED) is 0.313. The van der Waals surface area contributed by atoms with Crippen LogP contribution < -0.4 is 15.4 Å². The molecule has 1 amide bonds. The Morgan fingerprint density at radius 3 is 2.59 bits per heavy atom. The normalized spacial score (nSPS) is 10.7. The average molecular weight is 502 g/mol. The van der Waals surface area contributed by atoms with Crippen LogP contribution in [-0.4, -0.2) is 22.6 Å². The zero-order valence-electron chi connectivity index (χ0n) is 16.6. The number of thiocarbonyl (C=S) groups is 1. The second-order valence-corrected chi connectivity index (χ2v) is 9.18.